The van der Waals surface area contributed by atoms with Crippen LogP contribution in [-0.4, -0.2) is 73.9 Å². The molecule has 0 aliphatic carbocycles. The molecule has 1 saturated heterocycles. The fraction of sp³-hybridized carbons (Fsp3) is 0.750. The fourth-order valence-corrected chi connectivity index (χ4v) is 3.39. The Kier molecular flexibility index (Phi) is 6.84. The molecule has 2 aliphatic rings. The van der Waals surface area contributed by atoms with Gasteiger partial charge in [-0.25, -0.2) is 4.79 Å². The first-order valence-electron chi connectivity index (χ1n) is 8.50. The molecule has 2 rings (SSSR count). The van der Waals surface area contributed by atoms with Gasteiger partial charge in [-0.1, -0.05) is 5.11 Å². The van der Waals surface area contributed by atoms with E-state index in [1.165, 1.54) is 20.1 Å². The van der Waals surface area contributed by atoms with Crippen molar-refractivity contribution in [2.75, 3.05) is 26.7 Å². The van der Waals surface area contributed by atoms with Gasteiger partial charge in [0.15, 0.2) is 0 Å². The molecule has 1 amide bonds. The lowest BCUT2D eigenvalue weighted by Gasteiger charge is -2.41. The average molecular weight is 367 g/mol. The molecule has 0 aromatic carbocycles. The second kappa shape index (κ2) is 8.88. The molecule has 0 aromatic rings. The van der Waals surface area contributed by atoms with Gasteiger partial charge in [-0.3, -0.25) is 9.69 Å². The number of methoxy groups -OCH3 is 1. The Balaban J connectivity index is 2.26. The minimum absolute atomic E-state index is 0.0224. The zero-order valence-corrected chi connectivity index (χ0v) is 15.4. The van der Waals surface area contributed by atoms with E-state index in [2.05, 4.69) is 20.2 Å². The molecule has 10 heteroatoms. The van der Waals surface area contributed by atoms with Gasteiger partial charge in [0.1, 0.15) is 6.10 Å². The van der Waals surface area contributed by atoms with Crippen LogP contribution < -0.4 is 5.32 Å². The lowest BCUT2D eigenvalue weighted by atomic mass is 9.97. The maximum atomic E-state index is 11.9. The number of hydrogen-bond donors (Lipinski definition) is 1. The van der Waals surface area contributed by atoms with Crippen molar-refractivity contribution in [3.05, 3.63) is 22.3 Å². The second-order valence-corrected chi connectivity index (χ2v) is 6.58. The summed E-state index contributed by atoms with van der Waals surface area (Å²) >= 11 is 0. The molecular weight excluding hydrogens is 342 g/mol. The summed E-state index contributed by atoms with van der Waals surface area (Å²) in [7, 11) is 1.25. The topological polar surface area (TPSA) is 126 Å². The van der Waals surface area contributed by atoms with E-state index in [0.717, 1.165) is 0 Å². The van der Waals surface area contributed by atoms with Crippen molar-refractivity contribution >= 4 is 11.9 Å². The van der Waals surface area contributed by atoms with Crippen LogP contribution in [0.3, 0.4) is 0 Å². The highest BCUT2D eigenvalue weighted by Crippen LogP contribution is 2.24. The molecule has 0 saturated carbocycles. The van der Waals surface area contributed by atoms with Crippen molar-refractivity contribution in [2.24, 2.45) is 5.11 Å². The van der Waals surface area contributed by atoms with E-state index >= 15 is 0 Å². The van der Waals surface area contributed by atoms with Gasteiger partial charge in [0.05, 0.1) is 31.4 Å². The molecule has 0 bridgehead atoms. The smallest absolute Gasteiger partial charge is 0.372 e. The monoisotopic (exact) mass is 367 g/mol. The van der Waals surface area contributed by atoms with Crippen molar-refractivity contribution in [3.63, 3.8) is 0 Å². The van der Waals surface area contributed by atoms with E-state index in [9.17, 15) is 9.59 Å². The van der Waals surface area contributed by atoms with Gasteiger partial charge in [-0.2, -0.15) is 0 Å². The lowest BCUT2D eigenvalue weighted by Crippen LogP contribution is -2.58. The molecule has 0 spiro atoms. The van der Waals surface area contributed by atoms with Crippen LogP contribution >= 0.6 is 0 Å². The highest BCUT2D eigenvalue weighted by Gasteiger charge is 2.39. The van der Waals surface area contributed by atoms with E-state index in [1.807, 2.05) is 13.8 Å². The number of ether oxygens (including phenoxy) is 3. The Morgan fingerprint density at radius 2 is 2.08 bits per heavy atom. The molecule has 26 heavy (non-hydrogen) atoms. The van der Waals surface area contributed by atoms with Crippen molar-refractivity contribution in [3.8, 4) is 0 Å². The summed E-state index contributed by atoms with van der Waals surface area (Å²) in [6.45, 7) is 7.18. The minimum Gasteiger partial charge on any atom is -0.480 e. The van der Waals surface area contributed by atoms with Gasteiger partial charge in [0.2, 0.25) is 11.7 Å². The summed E-state index contributed by atoms with van der Waals surface area (Å²) in [6.07, 6.45) is 0.925. The first-order chi connectivity index (χ1) is 12.3. The van der Waals surface area contributed by atoms with Crippen LogP contribution in [0.2, 0.25) is 0 Å². The summed E-state index contributed by atoms with van der Waals surface area (Å²) in [6, 6.07) is -1.35. The first kappa shape index (κ1) is 20.0. The summed E-state index contributed by atoms with van der Waals surface area (Å²) in [5.41, 5.74) is 8.86. The van der Waals surface area contributed by atoms with E-state index < -0.39 is 24.2 Å². The van der Waals surface area contributed by atoms with E-state index in [4.69, 9.17) is 19.7 Å². The highest BCUT2D eigenvalue weighted by atomic mass is 16.6. The molecule has 144 valence electrons. The maximum absolute atomic E-state index is 11.9. The second-order valence-electron chi connectivity index (χ2n) is 6.58. The number of amides is 1. The van der Waals surface area contributed by atoms with Crippen LogP contribution in [0.15, 0.2) is 16.9 Å². The normalized spacial score (nSPS) is 31.8. The number of azide groups is 1. The van der Waals surface area contributed by atoms with E-state index in [1.54, 1.807) is 0 Å². The Labute approximate surface area is 152 Å². The Morgan fingerprint density at radius 3 is 2.62 bits per heavy atom. The Hall–Kier alpha value is -2.29. The molecular formula is C16H25N5O5. The fourth-order valence-electron chi connectivity index (χ4n) is 3.39. The quantitative estimate of drug-likeness (QED) is 0.330. The van der Waals surface area contributed by atoms with Gasteiger partial charge >= 0.3 is 5.97 Å². The van der Waals surface area contributed by atoms with Crippen LogP contribution in [0.5, 0.6) is 0 Å². The predicted octanol–water partition coefficient (Wildman–Crippen LogP) is 0.735. The van der Waals surface area contributed by atoms with Crippen molar-refractivity contribution in [1.82, 2.24) is 10.2 Å². The van der Waals surface area contributed by atoms with Crippen LogP contribution in [0.1, 0.15) is 20.8 Å². The minimum atomic E-state index is -0.757. The molecule has 0 unspecified atom stereocenters. The van der Waals surface area contributed by atoms with Gasteiger partial charge < -0.3 is 19.5 Å². The molecule has 5 atom stereocenters. The standard InChI is InChI=1S/C16H25N5O5/c1-9-6-21(7-10(2)25-9)8-14-15(18-11(3)22)12(19-20-17)5-13(26-14)16(23)24-4/h5,9-10,12,14-15H,6-8H2,1-4H3,(H,18,22)/t9-,10+,12-,14-,15+/m0/s1. The Bertz CT molecular complexity index is 608. The van der Waals surface area contributed by atoms with Gasteiger partial charge in [-0.05, 0) is 25.5 Å². The van der Waals surface area contributed by atoms with Crippen molar-refractivity contribution in [2.45, 2.75) is 51.2 Å². The average Bonchev–Trinajstić information content (AvgIpc) is 2.55. The van der Waals surface area contributed by atoms with Gasteiger partial charge in [-0.15, -0.1) is 0 Å². The predicted molar refractivity (Wildman–Crippen MR) is 92.0 cm³/mol. The van der Waals surface area contributed by atoms with E-state index in [0.29, 0.717) is 19.6 Å². The third-order valence-electron chi connectivity index (χ3n) is 4.24. The van der Waals surface area contributed by atoms with Crippen molar-refractivity contribution < 1.29 is 23.8 Å². The van der Waals surface area contributed by atoms with Crippen molar-refractivity contribution in [1.29, 1.82) is 0 Å². The SMILES string of the molecule is COC(=O)C1=C[C@H](N=[N+]=[N-])[C@@H](NC(C)=O)[C@H](CN2C[C@@H](C)O[C@@H](C)C2)O1. The van der Waals surface area contributed by atoms with Crippen LogP contribution in [-0.2, 0) is 23.8 Å². The molecule has 2 aliphatic heterocycles. The first-order valence-corrected chi connectivity index (χ1v) is 8.50. The highest BCUT2D eigenvalue weighted by molar-refractivity contribution is 5.86. The molecule has 1 N–H and O–H groups in total. The number of esters is 1. The number of rotatable bonds is 5. The summed E-state index contributed by atoms with van der Waals surface area (Å²) in [4.78, 5) is 28.5. The Morgan fingerprint density at radius 1 is 1.42 bits per heavy atom. The molecule has 0 radical (unpaired) electrons. The third kappa shape index (κ3) is 5.10. The number of hydrogen-bond acceptors (Lipinski definition) is 7. The molecule has 0 aromatic heterocycles. The number of nitrogens with zero attached hydrogens (tertiary/aromatic N) is 4. The molecule has 1 fully saturated rings. The summed E-state index contributed by atoms with van der Waals surface area (Å²) < 4.78 is 16.3. The van der Waals surface area contributed by atoms with Gasteiger partial charge in [0, 0.05) is 31.5 Å². The van der Waals surface area contributed by atoms with Crippen LogP contribution in [0.25, 0.3) is 10.4 Å². The summed E-state index contributed by atoms with van der Waals surface area (Å²) in [5, 5.41) is 6.49. The number of morpholine rings is 1. The zero-order valence-electron chi connectivity index (χ0n) is 15.4. The zero-order chi connectivity index (χ0) is 19.3. The van der Waals surface area contributed by atoms with Crippen LogP contribution in [0.4, 0.5) is 0 Å². The number of nitrogens with one attached hydrogen (secondary N) is 1. The molecule has 10 nitrogen and oxygen atoms in total. The van der Waals surface area contributed by atoms with Gasteiger partial charge in [0.25, 0.3) is 0 Å². The summed E-state index contributed by atoms with van der Waals surface area (Å²) in [5.74, 6) is -0.954. The molecule has 2 heterocycles. The number of carbonyl (C=O) groups is 2. The maximum Gasteiger partial charge on any atom is 0.372 e. The third-order valence-corrected chi connectivity index (χ3v) is 4.24. The van der Waals surface area contributed by atoms with Crippen LogP contribution in [0, 0.1) is 0 Å². The van der Waals surface area contributed by atoms with E-state index in [-0.39, 0.29) is 23.9 Å². The lowest BCUT2D eigenvalue weighted by molar-refractivity contribution is -0.143. The number of carbonyl (C=O) groups excluding carboxylic acids is 2. The largest absolute Gasteiger partial charge is 0.480 e.